The lowest BCUT2D eigenvalue weighted by atomic mass is 9.96. The summed E-state index contributed by atoms with van der Waals surface area (Å²) in [7, 11) is -2.84. The molecule has 2 saturated heterocycles. The summed E-state index contributed by atoms with van der Waals surface area (Å²) in [4.78, 5) is 91.1. The molecule has 15 heteroatoms. The lowest BCUT2D eigenvalue weighted by Crippen LogP contribution is -2.57. The van der Waals surface area contributed by atoms with Gasteiger partial charge in [-0.2, -0.15) is 0 Å². The number of rotatable bonds is 15. The van der Waals surface area contributed by atoms with Crippen LogP contribution >= 0.6 is 7.37 Å². The van der Waals surface area contributed by atoms with Crippen LogP contribution in [0.3, 0.4) is 0 Å². The molecule has 1 aromatic carbocycles. The second-order valence-corrected chi connectivity index (χ2v) is 15.8. The highest BCUT2D eigenvalue weighted by Crippen LogP contribution is 2.45. The summed E-state index contributed by atoms with van der Waals surface area (Å²) >= 11 is 0. The Morgan fingerprint density at radius 2 is 1.67 bits per heavy atom. The van der Waals surface area contributed by atoms with Crippen molar-refractivity contribution in [1.29, 1.82) is 0 Å². The maximum absolute atomic E-state index is 13.5. The van der Waals surface area contributed by atoms with Gasteiger partial charge in [0.15, 0.2) is 0 Å². The number of carbonyl (C=O) groups excluding carboxylic acids is 6. The molecule has 3 rings (SSSR count). The Morgan fingerprint density at radius 1 is 1.00 bits per heavy atom. The van der Waals surface area contributed by atoms with Crippen molar-refractivity contribution in [3.63, 3.8) is 0 Å². The monoisotopic (exact) mass is 691 g/mol. The van der Waals surface area contributed by atoms with Crippen LogP contribution in [0, 0.1) is 17.8 Å². The number of nitrogens with zero attached hydrogens (tertiary/aromatic N) is 2. The number of nitrogens with one attached hydrogen (secondary N) is 3. The molecule has 48 heavy (non-hydrogen) atoms. The number of amides is 6. The molecule has 2 unspecified atom stereocenters. The molecule has 0 aliphatic carbocycles. The zero-order chi connectivity index (χ0) is 35.6. The van der Waals surface area contributed by atoms with Crippen molar-refractivity contribution in [1.82, 2.24) is 25.8 Å². The molecule has 0 spiro atoms. The van der Waals surface area contributed by atoms with Gasteiger partial charge < -0.3 is 25.6 Å². The number of likely N-dealkylation sites (N-methyl/N-ethyl adjacent to an activating group) is 1. The van der Waals surface area contributed by atoms with E-state index in [1.54, 1.807) is 0 Å². The molecular formula is C33H50N5O9P. The van der Waals surface area contributed by atoms with E-state index in [0.717, 1.165) is 5.56 Å². The van der Waals surface area contributed by atoms with E-state index in [1.165, 1.54) is 11.9 Å². The van der Waals surface area contributed by atoms with Gasteiger partial charge in [0.2, 0.25) is 31.0 Å². The van der Waals surface area contributed by atoms with E-state index >= 15 is 0 Å². The molecule has 2 aliphatic rings. The molecule has 0 saturated carbocycles. The minimum Gasteiger partial charge on any atom is -0.445 e. The number of ether oxygens (including phenoxy) is 1. The maximum atomic E-state index is 13.5. The van der Waals surface area contributed by atoms with E-state index in [-0.39, 0.29) is 43.6 Å². The van der Waals surface area contributed by atoms with E-state index in [0.29, 0.717) is 30.7 Å². The molecule has 2 aliphatic heterocycles. The predicted octanol–water partition coefficient (Wildman–Crippen LogP) is 2.59. The number of imide groups is 1. The van der Waals surface area contributed by atoms with E-state index in [4.69, 9.17) is 4.74 Å². The largest absolute Gasteiger partial charge is 0.445 e. The fourth-order valence-electron chi connectivity index (χ4n) is 6.07. The summed E-state index contributed by atoms with van der Waals surface area (Å²) in [6.45, 7) is 7.86. The van der Waals surface area contributed by atoms with Gasteiger partial charge in [0.1, 0.15) is 31.0 Å². The van der Waals surface area contributed by atoms with E-state index < -0.39 is 73.6 Å². The summed E-state index contributed by atoms with van der Waals surface area (Å²) in [5, 5.41) is 7.88. The minimum absolute atomic E-state index is 0.00404. The number of hydrogen-bond donors (Lipinski definition) is 4. The first-order chi connectivity index (χ1) is 22.6. The minimum atomic E-state index is -4.30. The van der Waals surface area contributed by atoms with Crippen LogP contribution in [0.15, 0.2) is 30.3 Å². The van der Waals surface area contributed by atoms with Crippen molar-refractivity contribution in [3.05, 3.63) is 35.9 Å². The third-order valence-electron chi connectivity index (χ3n) is 8.40. The van der Waals surface area contributed by atoms with Crippen LogP contribution in [0.4, 0.5) is 4.79 Å². The van der Waals surface area contributed by atoms with Crippen molar-refractivity contribution in [2.75, 3.05) is 26.0 Å². The fourth-order valence-corrected chi connectivity index (χ4v) is 7.93. The first-order valence-corrected chi connectivity index (χ1v) is 18.6. The zero-order valence-electron chi connectivity index (χ0n) is 28.5. The van der Waals surface area contributed by atoms with Crippen LogP contribution in [0.5, 0.6) is 0 Å². The normalized spacial score (nSPS) is 20.7. The van der Waals surface area contributed by atoms with E-state index in [9.17, 15) is 38.2 Å². The van der Waals surface area contributed by atoms with Gasteiger partial charge in [0.05, 0.1) is 0 Å². The predicted molar refractivity (Wildman–Crippen MR) is 177 cm³/mol. The summed E-state index contributed by atoms with van der Waals surface area (Å²) < 4.78 is 18.9. The number of hydrogen-bond acceptors (Lipinski definition) is 8. The second kappa shape index (κ2) is 17.6. The molecule has 14 nitrogen and oxygen atoms in total. The van der Waals surface area contributed by atoms with Crippen molar-refractivity contribution in [3.8, 4) is 0 Å². The van der Waals surface area contributed by atoms with Crippen LogP contribution in [0.1, 0.15) is 71.8 Å². The Balaban J connectivity index is 1.65. The van der Waals surface area contributed by atoms with Gasteiger partial charge >= 0.3 is 6.09 Å². The van der Waals surface area contributed by atoms with Crippen LogP contribution in [0.2, 0.25) is 0 Å². The zero-order valence-corrected chi connectivity index (χ0v) is 29.4. The molecule has 1 aromatic rings. The molecule has 2 heterocycles. The average molecular weight is 692 g/mol. The first-order valence-electron chi connectivity index (χ1n) is 16.6. The van der Waals surface area contributed by atoms with E-state index in [2.05, 4.69) is 16.0 Å². The first kappa shape index (κ1) is 38.7. The standard InChI is InChI=1S/C33H50N5O9P/c1-21(2)16-24(29(40)36-26(17-22(3)4)30(41)34-5)19-48(45,46)20-38-28(39)14-13-25(32(38)43)35-31(42)27-12-9-15-37(27)33(44)47-18-23-10-7-6-8-11-23/h6-8,10-11,21-22,24-27H,9,12-20H2,1-5H3,(H,34,41)(H,35,42)(H,36,40)(H,45,46)/t24?,25-,26+,27+/m1/s1. The highest BCUT2D eigenvalue weighted by molar-refractivity contribution is 7.58. The molecule has 0 aromatic heterocycles. The SMILES string of the molecule is CNC(=O)[C@H](CC(C)C)NC(=O)C(CC(C)C)CP(=O)(O)CN1C(=O)CC[C@@H](NC(=O)[C@@H]2CCCN2C(=O)OCc2ccccc2)C1=O. The Hall–Kier alpha value is -3.77. The smallest absolute Gasteiger partial charge is 0.410 e. The van der Waals surface area contributed by atoms with Gasteiger partial charge in [-0.15, -0.1) is 0 Å². The second-order valence-electron chi connectivity index (χ2n) is 13.5. The molecule has 4 N–H and O–H groups in total. The quantitative estimate of drug-likeness (QED) is 0.158. The number of carbonyl (C=O) groups is 6. The van der Waals surface area contributed by atoms with Gasteiger partial charge in [0, 0.05) is 32.1 Å². The van der Waals surface area contributed by atoms with Crippen molar-refractivity contribution < 1.29 is 43.0 Å². The van der Waals surface area contributed by atoms with Crippen molar-refractivity contribution in [2.45, 2.75) is 91.0 Å². The van der Waals surface area contributed by atoms with Crippen LogP contribution in [0.25, 0.3) is 0 Å². The molecule has 2 fully saturated rings. The molecule has 266 valence electrons. The summed E-state index contributed by atoms with van der Waals surface area (Å²) in [5.74, 6) is -3.90. The maximum Gasteiger partial charge on any atom is 0.410 e. The number of piperidine rings is 1. The van der Waals surface area contributed by atoms with Gasteiger partial charge in [-0.3, -0.25) is 38.3 Å². The Morgan fingerprint density at radius 3 is 2.29 bits per heavy atom. The van der Waals surface area contributed by atoms with Crippen LogP contribution < -0.4 is 16.0 Å². The Kier molecular flexibility index (Phi) is 14.2. The van der Waals surface area contributed by atoms with Gasteiger partial charge in [-0.1, -0.05) is 58.0 Å². The Labute approximate surface area is 282 Å². The number of benzene rings is 1. The molecular weight excluding hydrogens is 641 g/mol. The topological polar surface area (TPSA) is 192 Å². The summed E-state index contributed by atoms with van der Waals surface area (Å²) in [6, 6.07) is 6.26. The molecule has 0 bridgehead atoms. The highest BCUT2D eigenvalue weighted by atomic mass is 31.2. The molecule has 0 radical (unpaired) electrons. The lowest BCUT2D eigenvalue weighted by Gasteiger charge is -2.34. The third-order valence-corrected chi connectivity index (χ3v) is 10.1. The van der Waals surface area contributed by atoms with E-state index in [1.807, 2.05) is 58.0 Å². The van der Waals surface area contributed by atoms with Crippen LogP contribution in [-0.4, -0.2) is 94.5 Å². The van der Waals surface area contributed by atoms with Crippen LogP contribution in [-0.2, 0) is 39.9 Å². The third kappa shape index (κ3) is 11.2. The van der Waals surface area contributed by atoms with Gasteiger partial charge in [0.25, 0.3) is 5.91 Å². The highest BCUT2D eigenvalue weighted by Gasteiger charge is 2.43. The summed E-state index contributed by atoms with van der Waals surface area (Å²) in [6.07, 6.45) is -0.602. The lowest BCUT2D eigenvalue weighted by molar-refractivity contribution is -0.150. The molecule has 5 atom stereocenters. The fraction of sp³-hybridized carbons (Fsp3) is 0.636. The Bertz CT molecular complexity index is 1370. The van der Waals surface area contributed by atoms with Gasteiger partial charge in [-0.05, 0) is 49.5 Å². The number of likely N-dealkylation sites (tertiary alicyclic amines) is 2. The molecule has 6 amide bonds. The summed E-state index contributed by atoms with van der Waals surface area (Å²) in [5.41, 5.74) is 0.792. The van der Waals surface area contributed by atoms with Crippen molar-refractivity contribution in [2.24, 2.45) is 17.8 Å². The average Bonchev–Trinajstić information content (AvgIpc) is 3.53. The van der Waals surface area contributed by atoms with Crippen molar-refractivity contribution >= 4 is 43.0 Å². The van der Waals surface area contributed by atoms with Gasteiger partial charge in [-0.25, -0.2) is 4.79 Å².